The van der Waals surface area contributed by atoms with Gasteiger partial charge in [0.25, 0.3) is 5.91 Å². The summed E-state index contributed by atoms with van der Waals surface area (Å²) in [5.74, 6) is -0.951. The molecule has 0 radical (unpaired) electrons. The summed E-state index contributed by atoms with van der Waals surface area (Å²) in [5, 5.41) is 9.64. The Kier molecular flexibility index (Phi) is 4.83. The van der Waals surface area contributed by atoms with Crippen LogP contribution in [-0.4, -0.2) is 33.7 Å². The fraction of sp³-hybridized carbons (Fsp3) is 0.222. The van der Waals surface area contributed by atoms with Crippen LogP contribution in [0.4, 0.5) is 0 Å². The molecule has 4 nitrogen and oxygen atoms in total. The average molecular weight is 362 g/mol. The van der Waals surface area contributed by atoms with Gasteiger partial charge in [0.2, 0.25) is 0 Å². The van der Waals surface area contributed by atoms with Crippen molar-refractivity contribution in [3.05, 3.63) is 70.2 Å². The molecule has 0 bridgehead atoms. The minimum Gasteiger partial charge on any atom is -0.480 e. The molecular formula is C18H16ClNO3S. The third kappa shape index (κ3) is 3.28. The van der Waals surface area contributed by atoms with Gasteiger partial charge in [-0.05, 0) is 30.7 Å². The number of carboxylic acids is 1. The number of amides is 1. The molecule has 1 saturated heterocycles. The molecule has 2 atom stereocenters. The van der Waals surface area contributed by atoms with Gasteiger partial charge in [-0.2, -0.15) is 0 Å². The van der Waals surface area contributed by atoms with E-state index in [2.05, 4.69) is 0 Å². The highest BCUT2D eigenvalue weighted by Gasteiger charge is 2.42. The summed E-state index contributed by atoms with van der Waals surface area (Å²) in [5.41, 5.74) is 2.43. The fourth-order valence-electron chi connectivity index (χ4n) is 2.70. The summed E-state index contributed by atoms with van der Waals surface area (Å²) in [7, 11) is 0. The van der Waals surface area contributed by atoms with Crippen LogP contribution in [0.5, 0.6) is 0 Å². The van der Waals surface area contributed by atoms with Gasteiger partial charge in [0, 0.05) is 16.3 Å². The number of aryl methyl sites for hydroxylation is 1. The van der Waals surface area contributed by atoms with Crippen molar-refractivity contribution in [2.24, 2.45) is 0 Å². The summed E-state index contributed by atoms with van der Waals surface area (Å²) in [6.07, 6.45) is 0. The van der Waals surface area contributed by atoms with Gasteiger partial charge in [-0.3, -0.25) is 4.79 Å². The standard InChI is InChI=1S/C18H16ClNO3S/c1-11-5-7-12(8-6-11)17-20(15(10-24-17)18(22)23)16(21)13-3-2-4-14(19)9-13/h2-9,15,17H,10H2,1H3,(H,22,23)/t15-,17-/m1/s1. The highest BCUT2D eigenvalue weighted by atomic mass is 35.5. The van der Waals surface area contributed by atoms with Crippen molar-refractivity contribution in [1.82, 2.24) is 4.90 Å². The molecule has 124 valence electrons. The molecule has 1 heterocycles. The highest BCUT2D eigenvalue weighted by molar-refractivity contribution is 7.99. The lowest BCUT2D eigenvalue weighted by atomic mass is 10.1. The monoisotopic (exact) mass is 361 g/mol. The van der Waals surface area contributed by atoms with Gasteiger partial charge in [0.1, 0.15) is 11.4 Å². The van der Waals surface area contributed by atoms with Crippen LogP contribution in [0.15, 0.2) is 48.5 Å². The SMILES string of the molecule is Cc1ccc([C@H]2SC[C@H](C(=O)O)N2C(=O)c2cccc(Cl)c2)cc1. The maximum atomic E-state index is 13.0. The van der Waals surface area contributed by atoms with Crippen molar-refractivity contribution in [1.29, 1.82) is 0 Å². The molecule has 0 saturated carbocycles. The topological polar surface area (TPSA) is 57.6 Å². The highest BCUT2D eigenvalue weighted by Crippen LogP contribution is 2.42. The van der Waals surface area contributed by atoms with E-state index in [4.69, 9.17) is 11.6 Å². The second-order valence-corrected chi connectivity index (χ2v) is 7.22. The Balaban J connectivity index is 1.99. The van der Waals surface area contributed by atoms with Crippen molar-refractivity contribution in [2.45, 2.75) is 18.3 Å². The lowest BCUT2D eigenvalue weighted by molar-refractivity contribution is -0.141. The van der Waals surface area contributed by atoms with E-state index >= 15 is 0 Å². The molecular weight excluding hydrogens is 346 g/mol. The van der Waals surface area contributed by atoms with Gasteiger partial charge >= 0.3 is 5.97 Å². The zero-order valence-electron chi connectivity index (χ0n) is 13.0. The van der Waals surface area contributed by atoms with Crippen LogP contribution in [0.3, 0.4) is 0 Å². The minimum atomic E-state index is -0.993. The van der Waals surface area contributed by atoms with Crippen molar-refractivity contribution < 1.29 is 14.7 Å². The van der Waals surface area contributed by atoms with Crippen LogP contribution < -0.4 is 0 Å². The predicted octanol–water partition coefficient (Wildman–Crippen LogP) is 3.99. The normalized spacial score (nSPS) is 20.2. The summed E-state index contributed by atoms with van der Waals surface area (Å²) < 4.78 is 0. The number of carbonyl (C=O) groups excluding carboxylic acids is 1. The van der Waals surface area contributed by atoms with E-state index < -0.39 is 12.0 Å². The Hall–Kier alpha value is -1.98. The molecule has 1 fully saturated rings. The average Bonchev–Trinajstić information content (AvgIpc) is 3.00. The number of nitrogens with zero attached hydrogens (tertiary/aromatic N) is 1. The number of rotatable bonds is 3. The van der Waals surface area contributed by atoms with Gasteiger partial charge in [0.15, 0.2) is 0 Å². The largest absolute Gasteiger partial charge is 0.480 e. The van der Waals surface area contributed by atoms with Crippen molar-refractivity contribution >= 4 is 35.2 Å². The van der Waals surface area contributed by atoms with E-state index in [1.807, 2.05) is 31.2 Å². The molecule has 6 heteroatoms. The first-order valence-electron chi connectivity index (χ1n) is 7.46. The van der Waals surface area contributed by atoms with Gasteiger partial charge in [-0.25, -0.2) is 4.79 Å². The first-order valence-corrected chi connectivity index (χ1v) is 8.89. The lowest BCUT2D eigenvalue weighted by Gasteiger charge is -2.28. The number of hydrogen-bond donors (Lipinski definition) is 1. The zero-order chi connectivity index (χ0) is 17.3. The third-order valence-corrected chi connectivity index (χ3v) is 5.51. The molecule has 1 aliphatic heterocycles. The number of thioether (sulfide) groups is 1. The molecule has 0 spiro atoms. The number of halogens is 1. The van der Waals surface area contributed by atoms with E-state index in [9.17, 15) is 14.7 Å². The second kappa shape index (κ2) is 6.87. The number of carboxylic acid groups (broad SMARTS) is 1. The molecule has 2 aromatic rings. The molecule has 1 amide bonds. The minimum absolute atomic E-state index is 0.319. The Morgan fingerprint density at radius 1 is 1.21 bits per heavy atom. The van der Waals surface area contributed by atoms with Crippen LogP contribution >= 0.6 is 23.4 Å². The van der Waals surface area contributed by atoms with Crippen molar-refractivity contribution in [3.63, 3.8) is 0 Å². The fourth-order valence-corrected chi connectivity index (χ4v) is 4.31. The maximum absolute atomic E-state index is 13.0. The quantitative estimate of drug-likeness (QED) is 0.898. The van der Waals surface area contributed by atoms with E-state index in [0.29, 0.717) is 16.3 Å². The van der Waals surface area contributed by atoms with E-state index in [1.54, 1.807) is 24.3 Å². The molecule has 3 rings (SSSR count). The predicted molar refractivity (Wildman–Crippen MR) is 95.4 cm³/mol. The first kappa shape index (κ1) is 16.9. The zero-order valence-corrected chi connectivity index (χ0v) is 14.6. The Bertz CT molecular complexity index is 778. The van der Waals surface area contributed by atoms with Crippen molar-refractivity contribution in [3.8, 4) is 0 Å². The number of carbonyl (C=O) groups is 2. The molecule has 1 N–H and O–H groups in total. The molecule has 0 aliphatic carbocycles. The Labute approximate surface area is 149 Å². The Morgan fingerprint density at radius 3 is 2.54 bits per heavy atom. The van der Waals surface area contributed by atoms with Crippen LogP contribution in [0, 0.1) is 6.92 Å². The van der Waals surface area contributed by atoms with Gasteiger partial charge in [-0.1, -0.05) is 47.5 Å². The van der Waals surface area contributed by atoms with Crippen LogP contribution in [0.25, 0.3) is 0 Å². The molecule has 1 aliphatic rings. The Morgan fingerprint density at radius 2 is 1.92 bits per heavy atom. The molecule has 24 heavy (non-hydrogen) atoms. The third-order valence-electron chi connectivity index (χ3n) is 3.95. The van der Waals surface area contributed by atoms with Crippen molar-refractivity contribution in [2.75, 3.05) is 5.75 Å². The second-order valence-electron chi connectivity index (χ2n) is 5.67. The molecule has 0 aromatic heterocycles. The summed E-state index contributed by atoms with van der Waals surface area (Å²) >= 11 is 7.44. The summed E-state index contributed by atoms with van der Waals surface area (Å²) in [6.45, 7) is 1.99. The van der Waals surface area contributed by atoms with Crippen LogP contribution in [-0.2, 0) is 4.79 Å². The number of hydrogen-bond acceptors (Lipinski definition) is 3. The summed E-state index contributed by atoms with van der Waals surface area (Å²) in [6, 6.07) is 13.6. The molecule has 2 aromatic carbocycles. The van der Waals surface area contributed by atoms with Crippen LogP contribution in [0.1, 0.15) is 26.9 Å². The lowest BCUT2D eigenvalue weighted by Crippen LogP contribution is -2.42. The van der Waals surface area contributed by atoms with Gasteiger partial charge in [0.05, 0.1) is 0 Å². The molecule has 0 unspecified atom stereocenters. The van der Waals surface area contributed by atoms with Gasteiger partial charge in [-0.15, -0.1) is 11.8 Å². The smallest absolute Gasteiger partial charge is 0.327 e. The van der Waals surface area contributed by atoms with Crippen LogP contribution in [0.2, 0.25) is 5.02 Å². The van der Waals surface area contributed by atoms with Gasteiger partial charge < -0.3 is 10.0 Å². The van der Waals surface area contributed by atoms with E-state index in [-0.39, 0.29) is 11.3 Å². The van der Waals surface area contributed by atoms with E-state index in [0.717, 1.165) is 11.1 Å². The number of benzene rings is 2. The number of aliphatic carboxylic acids is 1. The summed E-state index contributed by atoms with van der Waals surface area (Å²) in [4.78, 5) is 26.0. The maximum Gasteiger partial charge on any atom is 0.327 e. The van der Waals surface area contributed by atoms with E-state index in [1.165, 1.54) is 16.7 Å². The first-order chi connectivity index (χ1) is 11.5.